The van der Waals surface area contributed by atoms with Crippen LogP contribution in [-0.4, -0.2) is 13.7 Å². The van der Waals surface area contributed by atoms with Crippen LogP contribution in [0.3, 0.4) is 0 Å². The van der Waals surface area contributed by atoms with Crippen molar-refractivity contribution < 1.29 is 0 Å². The number of fused-ring (bicyclic) bond motifs is 10. The molecule has 3 heteroatoms. The molecule has 0 fully saturated rings. The smallest absolute Gasteiger partial charge is 0.0641 e. The Kier molecular flexibility index (Phi) is 5.00. The van der Waals surface area contributed by atoms with Crippen molar-refractivity contribution in [2.45, 2.75) is 0 Å². The molecule has 7 aromatic carbocycles. The standard InChI is InChI=1S/C42H27N3/c1-3-14-28(15-4-1)43-35-22-11-8-19-32(35)40-37(43)24-13-25-38(40)45-34-21-10-7-18-30(34)31-26-27-39-41(42(31)45)33-20-9-12-23-36(33)44(39)29-16-5-2-6-17-29/h1-27H. The van der Waals surface area contributed by atoms with Crippen LogP contribution in [0.1, 0.15) is 0 Å². The molecule has 0 spiro atoms. The molecule has 0 radical (unpaired) electrons. The highest BCUT2D eigenvalue weighted by Gasteiger charge is 2.23. The summed E-state index contributed by atoms with van der Waals surface area (Å²) in [6.07, 6.45) is 0. The van der Waals surface area contributed by atoms with Crippen LogP contribution in [0.4, 0.5) is 0 Å². The molecule has 3 heterocycles. The van der Waals surface area contributed by atoms with Crippen LogP contribution < -0.4 is 0 Å². The molecule has 0 aliphatic heterocycles. The lowest BCUT2D eigenvalue weighted by Gasteiger charge is -2.12. The zero-order chi connectivity index (χ0) is 29.5. The van der Waals surface area contributed by atoms with Crippen LogP contribution in [0.5, 0.6) is 0 Å². The molecule has 10 rings (SSSR count). The number of aromatic nitrogens is 3. The molecule has 0 saturated heterocycles. The second-order valence-corrected chi connectivity index (χ2v) is 11.8. The van der Waals surface area contributed by atoms with Gasteiger partial charge in [0.1, 0.15) is 0 Å². The van der Waals surface area contributed by atoms with Crippen molar-refractivity contribution in [2.24, 2.45) is 0 Å². The van der Waals surface area contributed by atoms with Crippen molar-refractivity contribution in [2.75, 3.05) is 0 Å². The number of nitrogens with zero attached hydrogens (tertiary/aromatic N) is 3. The van der Waals surface area contributed by atoms with Gasteiger partial charge < -0.3 is 13.7 Å². The molecule has 45 heavy (non-hydrogen) atoms. The van der Waals surface area contributed by atoms with Crippen LogP contribution in [0.25, 0.3) is 82.5 Å². The lowest BCUT2D eigenvalue weighted by Crippen LogP contribution is -1.97. The van der Waals surface area contributed by atoms with Gasteiger partial charge in [0.25, 0.3) is 0 Å². The molecule has 0 atom stereocenters. The molecular weight excluding hydrogens is 546 g/mol. The van der Waals surface area contributed by atoms with Crippen molar-refractivity contribution in [3.8, 4) is 17.1 Å². The average Bonchev–Trinajstić information content (AvgIpc) is 3.75. The van der Waals surface area contributed by atoms with Gasteiger partial charge in [-0.05, 0) is 60.7 Å². The molecule has 0 aliphatic carbocycles. The van der Waals surface area contributed by atoms with Gasteiger partial charge in [-0.2, -0.15) is 0 Å². The van der Waals surface area contributed by atoms with Crippen molar-refractivity contribution in [1.29, 1.82) is 0 Å². The van der Waals surface area contributed by atoms with E-state index in [2.05, 4.69) is 177 Å². The van der Waals surface area contributed by atoms with Gasteiger partial charge in [-0.25, -0.2) is 0 Å². The summed E-state index contributed by atoms with van der Waals surface area (Å²) in [5, 5.41) is 7.55. The Balaban J connectivity index is 1.43. The fourth-order valence-electron chi connectivity index (χ4n) is 7.66. The summed E-state index contributed by atoms with van der Waals surface area (Å²) in [4.78, 5) is 0. The molecule has 210 valence electrons. The Hall–Kier alpha value is -6.06. The highest BCUT2D eigenvalue weighted by molar-refractivity contribution is 6.27. The number of benzene rings is 7. The van der Waals surface area contributed by atoms with Gasteiger partial charge >= 0.3 is 0 Å². The molecule has 0 bridgehead atoms. The van der Waals surface area contributed by atoms with E-state index >= 15 is 0 Å². The van der Waals surface area contributed by atoms with Crippen LogP contribution in [-0.2, 0) is 0 Å². The molecule has 0 unspecified atom stereocenters. The van der Waals surface area contributed by atoms with Gasteiger partial charge in [0.05, 0.1) is 38.8 Å². The highest BCUT2D eigenvalue weighted by atomic mass is 15.0. The molecule has 0 saturated carbocycles. The van der Waals surface area contributed by atoms with Gasteiger partial charge in [0.2, 0.25) is 0 Å². The predicted molar refractivity (Wildman–Crippen MR) is 189 cm³/mol. The van der Waals surface area contributed by atoms with Crippen LogP contribution >= 0.6 is 0 Å². The van der Waals surface area contributed by atoms with Gasteiger partial charge in [-0.1, -0.05) is 103 Å². The van der Waals surface area contributed by atoms with E-state index in [-0.39, 0.29) is 0 Å². The third-order valence-corrected chi connectivity index (χ3v) is 9.42. The van der Waals surface area contributed by atoms with Gasteiger partial charge in [0, 0.05) is 43.7 Å². The second kappa shape index (κ2) is 9.22. The Bertz CT molecular complexity index is 2740. The number of para-hydroxylation sites is 5. The minimum Gasteiger partial charge on any atom is -0.309 e. The lowest BCUT2D eigenvalue weighted by molar-refractivity contribution is 1.17. The van der Waals surface area contributed by atoms with E-state index in [9.17, 15) is 0 Å². The van der Waals surface area contributed by atoms with Crippen LogP contribution in [0.2, 0.25) is 0 Å². The van der Waals surface area contributed by atoms with Crippen LogP contribution in [0.15, 0.2) is 164 Å². The number of hydrogen-bond donors (Lipinski definition) is 0. The van der Waals surface area contributed by atoms with Gasteiger partial charge in [0.15, 0.2) is 0 Å². The van der Waals surface area contributed by atoms with E-state index in [1.807, 2.05) is 0 Å². The maximum atomic E-state index is 2.53. The number of rotatable bonds is 3. The molecule has 10 aromatic rings. The van der Waals surface area contributed by atoms with E-state index < -0.39 is 0 Å². The maximum Gasteiger partial charge on any atom is 0.0641 e. The summed E-state index contributed by atoms with van der Waals surface area (Å²) in [6.45, 7) is 0. The second-order valence-electron chi connectivity index (χ2n) is 11.8. The quantitative estimate of drug-likeness (QED) is 0.200. The Morgan fingerprint density at radius 2 is 0.733 bits per heavy atom. The van der Waals surface area contributed by atoms with Crippen molar-refractivity contribution in [1.82, 2.24) is 13.7 Å². The van der Waals surface area contributed by atoms with Crippen molar-refractivity contribution >= 4 is 65.4 Å². The monoisotopic (exact) mass is 573 g/mol. The Morgan fingerprint density at radius 1 is 0.267 bits per heavy atom. The number of hydrogen-bond acceptors (Lipinski definition) is 0. The normalized spacial score (nSPS) is 12.0. The zero-order valence-corrected chi connectivity index (χ0v) is 24.4. The first-order valence-electron chi connectivity index (χ1n) is 15.5. The topological polar surface area (TPSA) is 14.8 Å². The van der Waals surface area contributed by atoms with E-state index in [0.29, 0.717) is 0 Å². The highest BCUT2D eigenvalue weighted by Crippen LogP contribution is 2.44. The van der Waals surface area contributed by atoms with Crippen molar-refractivity contribution in [3.05, 3.63) is 164 Å². The van der Waals surface area contributed by atoms with E-state index in [4.69, 9.17) is 0 Å². The minimum atomic E-state index is 1.16. The first-order valence-corrected chi connectivity index (χ1v) is 15.5. The summed E-state index contributed by atoms with van der Waals surface area (Å²) >= 11 is 0. The minimum absolute atomic E-state index is 1.16. The third kappa shape index (κ3) is 3.30. The fourth-order valence-corrected chi connectivity index (χ4v) is 7.66. The van der Waals surface area contributed by atoms with Crippen LogP contribution in [0, 0.1) is 0 Å². The molecule has 0 aliphatic rings. The Morgan fingerprint density at radius 3 is 1.36 bits per heavy atom. The summed E-state index contributed by atoms with van der Waals surface area (Å²) in [7, 11) is 0. The summed E-state index contributed by atoms with van der Waals surface area (Å²) in [6, 6.07) is 59.3. The summed E-state index contributed by atoms with van der Waals surface area (Å²) < 4.78 is 7.34. The molecule has 3 nitrogen and oxygen atoms in total. The summed E-state index contributed by atoms with van der Waals surface area (Å²) in [5.74, 6) is 0. The fraction of sp³-hybridized carbons (Fsp3) is 0. The zero-order valence-electron chi connectivity index (χ0n) is 24.4. The largest absolute Gasteiger partial charge is 0.309 e. The van der Waals surface area contributed by atoms with Crippen molar-refractivity contribution in [3.63, 3.8) is 0 Å². The molecular formula is C42H27N3. The lowest BCUT2D eigenvalue weighted by atomic mass is 10.1. The van der Waals surface area contributed by atoms with Gasteiger partial charge in [-0.15, -0.1) is 0 Å². The third-order valence-electron chi connectivity index (χ3n) is 9.42. The SMILES string of the molecule is c1ccc(-n2c3ccccc3c3c(-n4c5ccccc5c5ccc6c(c7ccccc7n6-c6ccccc6)c54)cccc32)cc1. The van der Waals surface area contributed by atoms with Gasteiger partial charge in [-0.3, -0.25) is 0 Å². The Labute approximate surface area is 259 Å². The predicted octanol–water partition coefficient (Wildman–Crippen LogP) is 11.0. The molecule has 0 N–H and O–H groups in total. The summed E-state index contributed by atoms with van der Waals surface area (Å²) in [5.41, 5.74) is 10.8. The molecule has 3 aromatic heterocycles. The average molecular weight is 574 g/mol. The van der Waals surface area contributed by atoms with E-state index in [1.54, 1.807) is 0 Å². The van der Waals surface area contributed by atoms with E-state index in [1.165, 1.54) is 76.8 Å². The maximum absolute atomic E-state index is 2.53. The van der Waals surface area contributed by atoms with E-state index in [0.717, 1.165) is 5.69 Å². The first-order chi connectivity index (χ1) is 22.4. The molecule has 0 amide bonds. The first kappa shape index (κ1) is 24.4.